The Balaban J connectivity index is 1.46. The molecule has 1 saturated heterocycles. The second-order valence-electron chi connectivity index (χ2n) is 6.38. The first kappa shape index (κ1) is 17.2. The standard InChI is InChI=1S/C20H19F2N5/c21-14-3-8-18(17(22)13-14)25-19-9-10-23-20(26-19)24-15-4-6-16(7-5-15)27-11-1-2-12-27/h3-10,13H,1-2,11-12H2,(H2,23,24,25,26). The van der Waals surface area contributed by atoms with Crippen LogP contribution >= 0.6 is 0 Å². The summed E-state index contributed by atoms with van der Waals surface area (Å²) < 4.78 is 26.8. The molecule has 27 heavy (non-hydrogen) atoms. The van der Waals surface area contributed by atoms with Crippen molar-refractivity contribution in [2.45, 2.75) is 12.8 Å². The minimum atomic E-state index is -0.680. The first-order chi connectivity index (χ1) is 13.2. The van der Waals surface area contributed by atoms with Crippen molar-refractivity contribution in [3.63, 3.8) is 0 Å². The summed E-state index contributed by atoms with van der Waals surface area (Å²) in [5.74, 6) is -0.510. The molecule has 1 aliphatic heterocycles. The molecule has 1 aromatic heterocycles. The van der Waals surface area contributed by atoms with Gasteiger partial charge >= 0.3 is 0 Å². The maximum absolute atomic E-state index is 13.8. The summed E-state index contributed by atoms with van der Waals surface area (Å²) >= 11 is 0. The fourth-order valence-electron chi connectivity index (χ4n) is 3.08. The highest BCUT2D eigenvalue weighted by atomic mass is 19.1. The van der Waals surface area contributed by atoms with E-state index in [-0.39, 0.29) is 5.69 Å². The number of halogens is 2. The van der Waals surface area contributed by atoms with Gasteiger partial charge in [0, 0.05) is 36.7 Å². The summed E-state index contributed by atoms with van der Waals surface area (Å²) in [5.41, 5.74) is 2.22. The lowest BCUT2D eigenvalue weighted by Gasteiger charge is -2.17. The fourth-order valence-corrected chi connectivity index (χ4v) is 3.08. The molecule has 0 aliphatic carbocycles. The van der Waals surface area contributed by atoms with Crippen molar-refractivity contribution in [3.05, 3.63) is 66.4 Å². The zero-order valence-corrected chi connectivity index (χ0v) is 14.6. The summed E-state index contributed by atoms with van der Waals surface area (Å²) in [6.45, 7) is 2.20. The van der Waals surface area contributed by atoms with Crippen LogP contribution in [0.5, 0.6) is 0 Å². The lowest BCUT2D eigenvalue weighted by molar-refractivity contribution is 0.586. The van der Waals surface area contributed by atoms with Gasteiger partial charge in [0.1, 0.15) is 17.5 Å². The summed E-state index contributed by atoms with van der Waals surface area (Å²) in [6, 6.07) is 13.1. The molecular formula is C20H19F2N5. The predicted molar refractivity (Wildman–Crippen MR) is 103 cm³/mol. The second kappa shape index (κ2) is 7.57. The van der Waals surface area contributed by atoms with E-state index in [2.05, 4.69) is 37.6 Å². The van der Waals surface area contributed by atoms with Crippen LogP contribution in [-0.4, -0.2) is 23.1 Å². The van der Waals surface area contributed by atoms with E-state index in [0.717, 1.165) is 24.8 Å². The molecule has 3 aromatic rings. The van der Waals surface area contributed by atoms with E-state index < -0.39 is 11.6 Å². The molecule has 1 fully saturated rings. The first-order valence-corrected chi connectivity index (χ1v) is 8.84. The Morgan fingerprint density at radius 3 is 2.41 bits per heavy atom. The molecule has 0 amide bonds. The molecule has 7 heteroatoms. The number of rotatable bonds is 5. The van der Waals surface area contributed by atoms with Gasteiger partial charge in [0.05, 0.1) is 5.69 Å². The minimum Gasteiger partial charge on any atom is -0.372 e. The summed E-state index contributed by atoms with van der Waals surface area (Å²) in [6.07, 6.45) is 4.04. The van der Waals surface area contributed by atoms with E-state index in [9.17, 15) is 8.78 Å². The molecule has 4 rings (SSSR count). The molecule has 2 aromatic carbocycles. The average Bonchev–Trinajstić information content (AvgIpc) is 3.20. The minimum absolute atomic E-state index is 0.149. The Hall–Kier alpha value is -3.22. The van der Waals surface area contributed by atoms with E-state index in [1.165, 1.54) is 30.7 Å². The van der Waals surface area contributed by atoms with Gasteiger partial charge in [0.15, 0.2) is 0 Å². The van der Waals surface area contributed by atoms with Crippen LogP contribution in [0.3, 0.4) is 0 Å². The van der Waals surface area contributed by atoms with E-state index in [1.807, 2.05) is 12.1 Å². The van der Waals surface area contributed by atoms with Crippen molar-refractivity contribution in [2.75, 3.05) is 28.6 Å². The molecular weight excluding hydrogens is 348 g/mol. The third-order valence-electron chi connectivity index (χ3n) is 4.44. The fraction of sp³-hybridized carbons (Fsp3) is 0.200. The molecule has 5 nitrogen and oxygen atoms in total. The van der Waals surface area contributed by atoms with Crippen LogP contribution in [-0.2, 0) is 0 Å². The normalized spacial score (nSPS) is 13.6. The van der Waals surface area contributed by atoms with Gasteiger partial charge < -0.3 is 15.5 Å². The maximum atomic E-state index is 13.8. The lowest BCUT2D eigenvalue weighted by atomic mass is 10.2. The van der Waals surface area contributed by atoms with Crippen molar-refractivity contribution >= 4 is 28.8 Å². The summed E-state index contributed by atoms with van der Waals surface area (Å²) in [4.78, 5) is 10.9. The van der Waals surface area contributed by atoms with Crippen LogP contribution in [0.4, 0.5) is 37.6 Å². The second-order valence-corrected chi connectivity index (χ2v) is 6.38. The van der Waals surface area contributed by atoms with Gasteiger partial charge in [-0.25, -0.2) is 13.8 Å². The van der Waals surface area contributed by atoms with E-state index in [0.29, 0.717) is 11.8 Å². The van der Waals surface area contributed by atoms with Crippen LogP contribution in [0.15, 0.2) is 54.7 Å². The first-order valence-electron chi connectivity index (χ1n) is 8.84. The van der Waals surface area contributed by atoms with Crippen LogP contribution in [0.25, 0.3) is 0 Å². The quantitative estimate of drug-likeness (QED) is 0.676. The molecule has 0 radical (unpaired) electrons. The highest BCUT2D eigenvalue weighted by Gasteiger charge is 2.12. The lowest BCUT2D eigenvalue weighted by Crippen LogP contribution is -2.17. The third kappa shape index (κ3) is 4.13. The molecule has 2 heterocycles. The molecule has 0 spiro atoms. The van der Waals surface area contributed by atoms with Crippen molar-refractivity contribution in [2.24, 2.45) is 0 Å². The third-order valence-corrected chi connectivity index (χ3v) is 4.44. The SMILES string of the molecule is Fc1ccc(Nc2ccnc(Nc3ccc(N4CCCC4)cc3)n2)c(F)c1. The number of benzene rings is 2. The van der Waals surface area contributed by atoms with Crippen molar-refractivity contribution in [3.8, 4) is 0 Å². The predicted octanol–water partition coefficient (Wildman–Crippen LogP) is 4.84. The Kier molecular flexibility index (Phi) is 4.82. The Morgan fingerprint density at radius 1 is 0.889 bits per heavy atom. The number of hydrogen-bond acceptors (Lipinski definition) is 5. The number of nitrogens with one attached hydrogen (secondary N) is 2. The van der Waals surface area contributed by atoms with E-state index >= 15 is 0 Å². The molecule has 2 N–H and O–H groups in total. The molecule has 0 unspecified atom stereocenters. The van der Waals surface area contributed by atoms with Crippen molar-refractivity contribution in [1.29, 1.82) is 0 Å². The largest absolute Gasteiger partial charge is 0.372 e. The van der Waals surface area contributed by atoms with Gasteiger partial charge in [-0.15, -0.1) is 0 Å². The summed E-state index contributed by atoms with van der Waals surface area (Å²) in [5, 5.41) is 5.97. The van der Waals surface area contributed by atoms with Gasteiger partial charge in [-0.3, -0.25) is 0 Å². The topological polar surface area (TPSA) is 53.1 Å². The zero-order chi connectivity index (χ0) is 18.6. The van der Waals surface area contributed by atoms with Crippen molar-refractivity contribution < 1.29 is 8.78 Å². The van der Waals surface area contributed by atoms with Crippen LogP contribution in [0, 0.1) is 11.6 Å². The van der Waals surface area contributed by atoms with Gasteiger partial charge in [-0.05, 0) is 55.3 Å². The number of nitrogens with zero attached hydrogens (tertiary/aromatic N) is 3. The van der Waals surface area contributed by atoms with E-state index in [1.54, 1.807) is 12.3 Å². The van der Waals surface area contributed by atoms with Crippen LogP contribution in [0.2, 0.25) is 0 Å². The number of hydrogen-bond donors (Lipinski definition) is 2. The van der Waals surface area contributed by atoms with Crippen LogP contribution < -0.4 is 15.5 Å². The Morgan fingerprint density at radius 2 is 1.67 bits per heavy atom. The summed E-state index contributed by atoms with van der Waals surface area (Å²) in [7, 11) is 0. The Labute approximate surface area is 156 Å². The molecule has 0 saturated carbocycles. The highest BCUT2D eigenvalue weighted by Crippen LogP contribution is 2.24. The molecule has 0 bridgehead atoms. The average molecular weight is 367 g/mol. The van der Waals surface area contributed by atoms with Gasteiger partial charge in [-0.2, -0.15) is 4.98 Å². The van der Waals surface area contributed by atoms with Gasteiger partial charge in [0.2, 0.25) is 5.95 Å². The van der Waals surface area contributed by atoms with Gasteiger partial charge in [-0.1, -0.05) is 0 Å². The molecule has 138 valence electrons. The molecule has 0 atom stereocenters. The maximum Gasteiger partial charge on any atom is 0.229 e. The van der Waals surface area contributed by atoms with Crippen LogP contribution in [0.1, 0.15) is 12.8 Å². The van der Waals surface area contributed by atoms with Gasteiger partial charge in [0.25, 0.3) is 0 Å². The smallest absolute Gasteiger partial charge is 0.229 e. The van der Waals surface area contributed by atoms with E-state index in [4.69, 9.17) is 0 Å². The zero-order valence-electron chi connectivity index (χ0n) is 14.6. The monoisotopic (exact) mass is 367 g/mol. The number of aromatic nitrogens is 2. The number of anilines is 5. The Bertz CT molecular complexity index is 924. The molecule has 1 aliphatic rings. The highest BCUT2D eigenvalue weighted by molar-refractivity contribution is 5.62. The van der Waals surface area contributed by atoms with Crippen molar-refractivity contribution in [1.82, 2.24) is 9.97 Å².